The minimum atomic E-state index is -1.31. The molecule has 0 unspecified atom stereocenters. The van der Waals surface area contributed by atoms with Crippen LogP contribution in [0.25, 0.3) is 0 Å². The van der Waals surface area contributed by atoms with Gasteiger partial charge in [-0.2, -0.15) is 0 Å². The van der Waals surface area contributed by atoms with Crippen LogP contribution in [0.4, 0.5) is 0 Å². The Hall–Kier alpha value is -0.840. The van der Waals surface area contributed by atoms with E-state index in [2.05, 4.69) is 31.2 Å². The van der Waals surface area contributed by atoms with Crippen LogP contribution in [-0.2, 0) is 16.0 Å². The van der Waals surface area contributed by atoms with Gasteiger partial charge in [0, 0.05) is 0 Å². The summed E-state index contributed by atoms with van der Waals surface area (Å²) < 4.78 is 1.59. The molecular weight excluding hydrogens is 279 g/mol. The summed E-state index contributed by atoms with van der Waals surface area (Å²) in [5, 5.41) is 15.4. The maximum Gasteiger partial charge on any atom is 0.314 e. The fourth-order valence-corrected chi connectivity index (χ4v) is 2.55. The van der Waals surface area contributed by atoms with Gasteiger partial charge in [0.1, 0.15) is 6.42 Å². The summed E-state index contributed by atoms with van der Waals surface area (Å²) >= 11 is 1.20. The molecule has 2 N–H and O–H groups in total. The Labute approximate surface area is 144 Å². The SMILES string of the molecule is CCCCCCCc1cccc[c]1[Na].O=C(O)CC(=O)O. The number of rotatable bonds is 8. The first-order chi connectivity index (χ1) is 9.97. The predicted molar refractivity (Wildman–Crippen MR) is 84.2 cm³/mol. The van der Waals surface area contributed by atoms with Gasteiger partial charge in [0.2, 0.25) is 0 Å². The van der Waals surface area contributed by atoms with Crippen LogP contribution in [0.1, 0.15) is 51.0 Å². The zero-order valence-corrected chi connectivity index (χ0v) is 15.0. The van der Waals surface area contributed by atoms with Crippen molar-refractivity contribution in [1.29, 1.82) is 0 Å². The van der Waals surface area contributed by atoms with Crippen LogP contribution in [-0.4, -0.2) is 50.1 Å². The third-order valence-electron chi connectivity index (χ3n) is 3.11. The molecule has 0 amide bonds. The molecule has 0 aliphatic heterocycles. The van der Waals surface area contributed by atoms with Gasteiger partial charge >= 0.3 is 118 Å². The maximum absolute atomic E-state index is 9.43. The van der Waals surface area contributed by atoms with E-state index in [0.717, 1.165) is 0 Å². The number of hydrogen-bond acceptors (Lipinski definition) is 2. The monoisotopic (exact) mass is 302 g/mol. The van der Waals surface area contributed by atoms with E-state index in [1.807, 2.05) is 0 Å². The summed E-state index contributed by atoms with van der Waals surface area (Å²) in [5.74, 6) is -2.62. The van der Waals surface area contributed by atoms with Crippen LogP contribution in [0.3, 0.4) is 0 Å². The molecule has 0 aliphatic carbocycles. The average Bonchev–Trinajstić information content (AvgIpc) is 2.39. The summed E-state index contributed by atoms with van der Waals surface area (Å²) in [6.45, 7) is 2.27. The Morgan fingerprint density at radius 1 is 1.00 bits per heavy atom. The van der Waals surface area contributed by atoms with Gasteiger partial charge < -0.3 is 10.2 Å². The summed E-state index contributed by atoms with van der Waals surface area (Å²) in [4.78, 5) is 18.9. The summed E-state index contributed by atoms with van der Waals surface area (Å²) in [6.07, 6.45) is 7.44. The summed E-state index contributed by atoms with van der Waals surface area (Å²) in [5.41, 5.74) is 1.59. The Balaban J connectivity index is 0.000000486. The van der Waals surface area contributed by atoms with Crippen LogP contribution in [0.15, 0.2) is 24.3 Å². The molecule has 0 spiro atoms. The van der Waals surface area contributed by atoms with Crippen molar-refractivity contribution in [3.8, 4) is 0 Å². The molecule has 0 saturated carbocycles. The number of benzene rings is 1. The molecule has 0 bridgehead atoms. The summed E-state index contributed by atoms with van der Waals surface area (Å²) in [6, 6.07) is 8.89. The molecular formula is C16H23NaO4. The second kappa shape index (κ2) is 12.9. The first kappa shape index (κ1) is 20.2. The van der Waals surface area contributed by atoms with E-state index in [1.54, 1.807) is 8.38 Å². The topological polar surface area (TPSA) is 74.6 Å². The van der Waals surface area contributed by atoms with Crippen LogP contribution in [0.2, 0.25) is 0 Å². The number of aryl methyl sites for hydroxylation is 1. The van der Waals surface area contributed by atoms with Crippen LogP contribution >= 0.6 is 0 Å². The molecule has 21 heavy (non-hydrogen) atoms. The molecule has 0 atom stereocenters. The van der Waals surface area contributed by atoms with E-state index < -0.39 is 18.4 Å². The quantitative estimate of drug-likeness (QED) is 0.439. The van der Waals surface area contributed by atoms with Crippen molar-refractivity contribution in [1.82, 2.24) is 0 Å². The van der Waals surface area contributed by atoms with Gasteiger partial charge in [-0.05, 0) is 0 Å². The smallest absolute Gasteiger partial charge is 0.314 e. The van der Waals surface area contributed by atoms with Gasteiger partial charge in [0.05, 0.1) is 0 Å². The summed E-state index contributed by atoms with van der Waals surface area (Å²) in [7, 11) is 0. The molecule has 1 aromatic rings. The van der Waals surface area contributed by atoms with E-state index in [9.17, 15) is 9.59 Å². The molecule has 0 heterocycles. The Morgan fingerprint density at radius 3 is 2.05 bits per heavy atom. The van der Waals surface area contributed by atoms with Gasteiger partial charge in [0.15, 0.2) is 0 Å². The standard InChI is InChI=1S/C13H19.C3H4O4.Na/c1-2-3-4-5-7-10-13-11-8-6-9-12-13;4-2(5)1-3(6)7;/h6,8-9,11H,2-5,7,10H2,1H3;1H2,(H,4,5)(H,6,7);. The van der Waals surface area contributed by atoms with Gasteiger partial charge in [-0.15, -0.1) is 0 Å². The van der Waals surface area contributed by atoms with E-state index in [4.69, 9.17) is 10.2 Å². The third kappa shape index (κ3) is 12.6. The Bertz CT molecular complexity index is 420. The molecule has 1 rings (SSSR count). The van der Waals surface area contributed by atoms with E-state index in [0.29, 0.717) is 0 Å². The first-order valence-electron chi connectivity index (χ1n) is 7.45. The first-order valence-corrected chi connectivity index (χ1v) is 8.45. The number of aliphatic carboxylic acids is 2. The molecule has 0 aliphatic rings. The number of carbonyl (C=O) groups is 2. The van der Waals surface area contributed by atoms with Crippen molar-refractivity contribution in [3.05, 3.63) is 29.8 Å². The zero-order valence-electron chi connectivity index (χ0n) is 13.0. The fraction of sp³-hybridized carbons (Fsp3) is 0.500. The molecule has 1 aromatic carbocycles. The minimum Gasteiger partial charge on any atom is -0.481 e. The average molecular weight is 302 g/mol. The van der Waals surface area contributed by atoms with Crippen molar-refractivity contribution in [2.75, 3.05) is 0 Å². The zero-order chi connectivity index (χ0) is 16.1. The van der Waals surface area contributed by atoms with Crippen molar-refractivity contribution in [3.63, 3.8) is 0 Å². The van der Waals surface area contributed by atoms with Gasteiger partial charge in [0.25, 0.3) is 0 Å². The van der Waals surface area contributed by atoms with Crippen molar-refractivity contribution >= 4 is 42.7 Å². The van der Waals surface area contributed by atoms with Crippen molar-refractivity contribution in [2.24, 2.45) is 0 Å². The number of hydrogen-bond donors (Lipinski definition) is 2. The second-order valence-corrected chi connectivity index (χ2v) is 6.13. The van der Waals surface area contributed by atoms with Gasteiger partial charge in [-0.25, -0.2) is 0 Å². The molecule has 0 aromatic heterocycles. The van der Waals surface area contributed by atoms with E-state index in [-0.39, 0.29) is 0 Å². The number of carboxylic acids is 2. The van der Waals surface area contributed by atoms with E-state index >= 15 is 0 Å². The maximum atomic E-state index is 9.43. The second-order valence-electron chi connectivity index (χ2n) is 5.05. The van der Waals surface area contributed by atoms with Crippen molar-refractivity contribution < 1.29 is 19.8 Å². The normalized spacial score (nSPS) is 9.67. The molecule has 0 radical (unpaired) electrons. The van der Waals surface area contributed by atoms with Gasteiger partial charge in [-0.3, -0.25) is 9.59 Å². The predicted octanol–water partition coefficient (Wildman–Crippen LogP) is 2.54. The van der Waals surface area contributed by atoms with Gasteiger partial charge in [-0.1, -0.05) is 0 Å². The van der Waals surface area contributed by atoms with Crippen molar-refractivity contribution in [2.45, 2.75) is 51.9 Å². The number of carboxylic acid groups (broad SMARTS) is 2. The molecule has 0 fully saturated rings. The molecule has 112 valence electrons. The fourth-order valence-electron chi connectivity index (χ4n) is 1.94. The molecule has 0 saturated heterocycles. The number of unbranched alkanes of at least 4 members (excludes halogenated alkanes) is 4. The molecule has 5 heteroatoms. The van der Waals surface area contributed by atoms with Crippen LogP contribution in [0.5, 0.6) is 0 Å². The molecule has 4 nitrogen and oxygen atoms in total. The third-order valence-corrected chi connectivity index (χ3v) is 4.09. The largest absolute Gasteiger partial charge is 0.481 e. The minimum absolute atomic E-state index is 0.806. The van der Waals surface area contributed by atoms with E-state index in [1.165, 1.54) is 66.5 Å². The van der Waals surface area contributed by atoms with Crippen LogP contribution in [0, 0.1) is 0 Å². The Kier molecular flexibility index (Phi) is 12.4. The Morgan fingerprint density at radius 2 is 1.57 bits per heavy atom. The van der Waals surface area contributed by atoms with Crippen LogP contribution < -0.4 is 2.81 Å².